The second-order valence-corrected chi connectivity index (χ2v) is 5.42. The molecule has 0 aromatic heterocycles. The average molecular weight is 289 g/mol. The lowest BCUT2D eigenvalue weighted by molar-refractivity contribution is 0.0435. The molecule has 0 aliphatic rings. The van der Waals surface area contributed by atoms with Gasteiger partial charge < -0.3 is 4.74 Å². The molecule has 0 N–H and O–H groups in total. The maximum atomic E-state index is 12.3. The molecule has 102 valence electrons. The predicted molar refractivity (Wildman–Crippen MR) is 60.1 cm³/mol. The summed E-state index contributed by atoms with van der Waals surface area (Å²) in [6.45, 7) is 1.35. The molecule has 1 unspecified atom stereocenters. The maximum Gasteiger partial charge on any atom is 0.341 e. The second kappa shape index (κ2) is 5.75. The molecule has 0 aliphatic heterocycles. The van der Waals surface area contributed by atoms with Gasteiger partial charge in [0.1, 0.15) is 6.07 Å². The minimum absolute atomic E-state index is 0.0321. The van der Waals surface area contributed by atoms with Crippen LogP contribution < -0.4 is 0 Å². The van der Waals surface area contributed by atoms with E-state index in [0.29, 0.717) is 0 Å². The molecule has 0 spiro atoms. The van der Waals surface area contributed by atoms with Gasteiger partial charge in [0.2, 0.25) is 9.84 Å². The monoisotopic (exact) mass is 289 g/mol. The first kappa shape index (κ1) is 15.0. The zero-order valence-corrected chi connectivity index (χ0v) is 10.5. The highest BCUT2D eigenvalue weighted by Gasteiger charge is 2.26. The van der Waals surface area contributed by atoms with Crippen LogP contribution >= 0.6 is 0 Å². The quantitative estimate of drug-likeness (QED) is 0.788. The number of hydrogen-bond acceptors (Lipinski definition) is 5. The summed E-state index contributed by atoms with van der Waals surface area (Å²) >= 11 is 0. The van der Waals surface area contributed by atoms with E-state index in [-0.39, 0.29) is 5.56 Å². The van der Waals surface area contributed by atoms with E-state index in [1.165, 1.54) is 6.92 Å². The van der Waals surface area contributed by atoms with Crippen LogP contribution in [0.5, 0.6) is 0 Å². The van der Waals surface area contributed by atoms with E-state index in [0.717, 1.165) is 24.3 Å². The normalized spacial score (nSPS) is 12.8. The Morgan fingerprint density at radius 1 is 1.32 bits per heavy atom. The Morgan fingerprint density at radius 2 is 1.84 bits per heavy atom. The number of halogens is 2. The SMILES string of the molecule is CC(C#N)OC(=O)c1ccc(S(=O)(=O)C(F)F)cc1. The molecule has 1 aromatic rings. The first-order chi connectivity index (χ1) is 8.78. The molecule has 1 atom stereocenters. The Morgan fingerprint density at radius 3 is 2.26 bits per heavy atom. The number of nitriles is 1. The number of ether oxygens (including phenoxy) is 1. The second-order valence-electron chi connectivity index (χ2n) is 3.51. The highest BCUT2D eigenvalue weighted by Crippen LogP contribution is 2.19. The third-order valence-corrected chi connectivity index (χ3v) is 3.52. The summed E-state index contributed by atoms with van der Waals surface area (Å²) in [4.78, 5) is 10.8. The van der Waals surface area contributed by atoms with Gasteiger partial charge in [-0.05, 0) is 31.2 Å². The molecule has 0 saturated carbocycles. The number of sulfone groups is 1. The van der Waals surface area contributed by atoms with Crippen LogP contribution in [0.1, 0.15) is 17.3 Å². The van der Waals surface area contributed by atoms with Crippen molar-refractivity contribution < 1.29 is 26.7 Å². The van der Waals surface area contributed by atoms with Crippen LogP contribution in [0, 0.1) is 11.3 Å². The highest BCUT2D eigenvalue weighted by molar-refractivity contribution is 7.91. The van der Waals surface area contributed by atoms with Gasteiger partial charge in [-0.1, -0.05) is 0 Å². The van der Waals surface area contributed by atoms with E-state index in [1.54, 1.807) is 6.07 Å². The summed E-state index contributed by atoms with van der Waals surface area (Å²) in [5, 5.41) is 8.45. The highest BCUT2D eigenvalue weighted by atomic mass is 32.2. The van der Waals surface area contributed by atoms with E-state index in [2.05, 4.69) is 4.74 Å². The van der Waals surface area contributed by atoms with Gasteiger partial charge in [-0.3, -0.25) is 0 Å². The van der Waals surface area contributed by atoms with Crippen LogP contribution in [-0.4, -0.2) is 26.2 Å². The number of esters is 1. The summed E-state index contributed by atoms with van der Waals surface area (Å²) < 4.78 is 51.4. The first-order valence-corrected chi connectivity index (χ1v) is 6.56. The summed E-state index contributed by atoms with van der Waals surface area (Å²) in [7, 11) is -4.68. The molecule has 0 fully saturated rings. The van der Waals surface area contributed by atoms with Crippen LogP contribution in [0.3, 0.4) is 0 Å². The molecule has 8 heteroatoms. The van der Waals surface area contributed by atoms with Crippen LogP contribution in [0.2, 0.25) is 0 Å². The number of alkyl halides is 2. The Bertz CT molecular complexity index is 605. The molecular weight excluding hydrogens is 280 g/mol. The molecular formula is C11H9F2NO4S. The topological polar surface area (TPSA) is 84.2 Å². The summed E-state index contributed by atoms with van der Waals surface area (Å²) in [6.07, 6.45) is -0.961. The van der Waals surface area contributed by atoms with E-state index < -0.39 is 32.6 Å². The van der Waals surface area contributed by atoms with E-state index in [1.807, 2.05) is 0 Å². The number of carbonyl (C=O) groups excluding carboxylic acids is 1. The molecule has 0 amide bonds. The van der Waals surface area contributed by atoms with Crippen molar-refractivity contribution in [3.63, 3.8) is 0 Å². The molecule has 1 rings (SSSR count). The van der Waals surface area contributed by atoms with Crippen molar-refractivity contribution in [3.8, 4) is 6.07 Å². The van der Waals surface area contributed by atoms with E-state index >= 15 is 0 Å². The number of carbonyl (C=O) groups is 1. The molecule has 1 aromatic carbocycles. The van der Waals surface area contributed by atoms with Crippen molar-refractivity contribution in [2.75, 3.05) is 0 Å². The molecule has 0 radical (unpaired) electrons. The van der Waals surface area contributed by atoms with Crippen LogP contribution in [-0.2, 0) is 14.6 Å². The van der Waals surface area contributed by atoms with Gasteiger partial charge in [0.15, 0.2) is 6.10 Å². The third-order valence-electron chi connectivity index (χ3n) is 2.12. The van der Waals surface area contributed by atoms with Gasteiger partial charge in [0.05, 0.1) is 10.5 Å². The minimum Gasteiger partial charge on any atom is -0.444 e. The van der Waals surface area contributed by atoms with Gasteiger partial charge in [-0.15, -0.1) is 0 Å². The average Bonchev–Trinajstić information content (AvgIpc) is 2.38. The van der Waals surface area contributed by atoms with Crippen molar-refractivity contribution >= 4 is 15.8 Å². The van der Waals surface area contributed by atoms with Gasteiger partial charge in [-0.25, -0.2) is 13.2 Å². The lowest BCUT2D eigenvalue weighted by Gasteiger charge is -2.07. The zero-order chi connectivity index (χ0) is 14.6. The predicted octanol–water partition coefficient (Wildman–Crippen LogP) is 1.75. The first-order valence-electron chi connectivity index (χ1n) is 5.01. The maximum absolute atomic E-state index is 12.3. The number of rotatable bonds is 4. The Hall–Kier alpha value is -2.01. The van der Waals surface area contributed by atoms with E-state index in [9.17, 15) is 22.0 Å². The fourth-order valence-electron chi connectivity index (χ4n) is 1.14. The summed E-state index contributed by atoms with van der Waals surface area (Å²) in [5.41, 5.74) is -0.0321. The van der Waals surface area contributed by atoms with Crippen molar-refractivity contribution in [1.82, 2.24) is 0 Å². The van der Waals surface area contributed by atoms with Crippen molar-refractivity contribution in [2.24, 2.45) is 0 Å². The molecule has 0 heterocycles. The fraction of sp³-hybridized carbons (Fsp3) is 0.273. The molecule has 19 heavy (non-hydrogen) atoms. The standard InChI is InChI=1S/C11H9F2NO4S/c1-7(6-14)18-10(15)8-2-4-9(5-3-8)19(16,17)11(12)13/h2-5,7,11H,1H3. The van der Waals surface area contributed by atoms with Crippen molar-refractivity contribution in [2.45, 2.75) is 23.7 Å². The Kier molecular flexibility index (Phi) is 4.56. The van der Waals surface area contributed by atoms with Gasteiger partial charge in [-0.2, -0.15) is 14.0 Å². The molecule has 5 nitrogen and oxygen atoms in total. The number of hydrogen-bond donors (Lipinski definition) is 0. The van der Waals surface area contributed by atoms with Gasteiger partial charge in [0, 0.05) is 0 Å². The number of benzene rings is 1. The van der Waals surface area contributed by atoms with Gasteiger partial charge >= 0.3 is 11.7 Å². The summed E-state index contributed by atoms with van der Waals surface area (Å²) in [6, 6.07) is 5.53. The van der Waals surface area contributed by atoms with Crippen molar-refractivity contribution in [1.29, 1.82) is 5.26 Å². The lowest BCUT2D eigenvalue weighted by atomic mass is 10.2. The number of nitrogens with zero attached hydrogens (tertiary/aromatic N) is 1. The molecule has 0 aliphatic carbocycles. The Balaban J connectivity index is 2.95. The zero-order valence-electron chi connectivity index (χ0n) is 9.71. The molecule has 0 bridgehead atoms. The summed E-state index contributed by atoms with van der Waals surface area (Å²) in [5.74, 6) is -4.36. The Labute approximate surface area is 108 Å². The smallest absolute Gasteiger partial charge is 0.341 e. The minimum atomic E-state index is -4.68. The lowest BCUT2D eigenvalue weighted by Crippen LogP contribution is -2.14. The fourth-order valence-corrected chi connectivity index (χ4v) is 1.86. The van der Waals surface area contributed by atoms with Gasteiger partial charge in [0.25, 0.3) is 0 Å². The van der Waals surface area contributed by atoms with Crippen molar-refractivity contribution in [3.05, 3.63) is 29.8 Å². The largest absolute Gasteiger partial charge is 0.444 e. The van der Waals surface area contributed by atoms with Crippen LogP contribution in [0.15, 0.2) is 29.2 Å². The van der Waals surface area contributed by atoms with Crippen LogP contribution in [0.25, 0.3) is 0 Å². The van der Waals surface area contributed by atoms with E-state index in [4.69, 9.17) is 5.26 Å². The molecule has 0 saturated heterocycles. The van der Waals surface area contributed by atoms with Crippen LogP contribution in [0.4, 0.5) is 8.78 Å². The third kappa shape index (κ3) is 3.48.